The van der Waals surface area contributed by atoms with Gasteiger partial charge in [0.15, 0.2) is 0 Å². The first kappa shape index (κ1) is 13.4. The number of likely N-dealkylation sites (N-methyl/N-ethyl adjacent to an activating group) is 1. The van der Waals surface area contributed by atoms with E-state index in [0.717, 1.165) is 6.54 Å². The van der Waals surface area contributed by atoms with Crippen LogP contribution in [0.3, 0.4) is 0 Å². The molecule has 90 valence electrons. The maximum Gasteiger partial charge on any atom is 0.127 e. The van der Waals surface area contributed by atoms with Crippen LogP contribution in [0, 0.1) is 5.82 Å². The minimum Gasteiger partial charge on any atom is -0.318 e. The van der Waals surface area contributed by atoms with Gasteiger partial charge in [-0.2, -0.15) is 0 Å². The molecule has 0 aliphatic heterocycles. The van der Waals surface area contributed by atoms with Crippen molar-refractivity contribution in [2.45, 2.75) is 25.9 Å². The fourth-order valence-corrected chi connectivity index (χ4v) is 1.71. The van der Waals surface area contributed by atoms with Gasteiger partial charge in [-0.15, -0.1) is 0 Å². The minimum atomic E-state index is -0.225. The Bertz CT molecular complexity index is 353. The van der Waals surface area contributed by atoms with Crippen molar-refractivity contribution in [1.29, 1.82) is 0 Å². The summed E-state index contributed by atoms with van der Waals surface area (Å²) in [5, 5.41) is 6.93. The second-order valence-corrected chi connectivity index (χ2v) is 4.94. The molecule has 1 rings (SSSR count). The van der Waals surface area contributed by atoms with E-state index < -0.39 is 0 Å². The van der Waals surface area contributed by atoms with Crippen LogP contribution in [0.4, 0.5) is 4.39 Å². The summed E-state index contributed by atoms with van der Waals surface area (Å²) in [5.74, 6) is -0.225. The van der Waals surface area contributed by atoms with Crippen LogP contribution in [0.5, 0.6) is 0 Å². The zero-order valence-electron chi connectivity index (χ0n) is 9.90. The van der Waals surface area contributed by atoms with Crippen molar-refractivity contribution in [3.05, 3.63) is 34.6 Å². The second-order valence-electron chi connectivity index (χ2n) is 4.50. The maximum absolute atomic E-state index is 13.4. The lowest BCUT2D eigenvalue weighted by Crippen LogP contribution is -2.46. The number of benzene rings is 1. The topological polar surface area (TPSA) is 24.1 Å². The predicted molar refractivity (Wildman–Crippen MR) is 66.3 cm³/mol. The lowest BCUT2D eigenvalue weighted by atomic mass is 10.1. The Morgan fingerprint density at radius 2 is 2.06 bits per heavy atom. The van der Waals surface area contributed by atoms with Crippen molar-refractivity contribution in [2.75, 3.05) is 13.6 Å². The van der Waals surface area contributed by atoms with E-state index in [9.17, 15) is 4.39 Å². The van der Waals surface area contributed by atoms with E-state index >= 15 is 0 Å². The molecule has 0 aliphatic rings. The smallest absolute Gasteiger partial charge is 0.127 e. The SMILES string of the molecule is CNCC(C)(C)NCc1cc(Cl)ccc1F. The van der Waals surface area contributed by atoms with Gasteiger partial charge in [0, 0.05) is 29.2 Å². The van der Waals surface area contributed by atoms with Gasteiger partial charge in [-0.3, -0.25) is 0 Å². The van der Waals surface area contributed by atoms with Crippen LogP contribution in [0.2, 0.25) is 5.02 Å². The van der Waals surface area contributed by atoms with Crippen LogP contribution >= 0.6 is 11.6 Å². The molecule has 4 heteroatoms. The molecule has 1 aromatic rings. The van der Waals surface area contributed by atoms with Crippen molar-refractivity contribution >= 4 is 11.6 Å². The predicted octanol–water partition coefficient (Wildman–Crippen LogP) is 2.57. The molecule has 0 fully saturated rings. The molecule has 0 amide bonds. The fourth-order valence-electron chi connectivity index (χ4n) is 1.52. The van der Waals surface area contributed by atoms with Crippen molar-refractivity contribution in [2.24, 2.45) is 0 Å². The molecule has 0 unspecified atom stereocenters. The van der Waals surface area contributed by atoms with Crippen LogP contribution in [0.25, 0.3) is 0 Å². The van der Waals surface area contributed by atoms with Crippen LogP contribution in [-0.4, -0.2) is 19.1 Å². The lowest BCUT2D eigenvalue weighted by Gasteiger charge is -2.26. The zero-order valence-corrected chi connectivity index (χ0v) is 10.7. The number of nitrogens with one attached hydrogen (secondary N) is 2. The van der Waals surface area contributed by atoms with E-state index in [4.69, 9.17) is 11.6 Å². The van der Waals surface area contributed by atoms with E-state index in [1.165, 1.54) is 6.07 Å². The van der Waals surface area contributed by atoms with Gasteiger partial charge in [0.2, 0.25) is 0 Å². The Balaban J connectivity index is 2.63. The summed E-state index contributed by atoms with van der Waals surface area (Å²) in [7, 11) is 1.89. The van der Waals surface area contributed by atoms with Crippen LogP contribution in [0.1, 0.15) is 19.4 Å². The van der Waals surface area contributed by atoms with Crippen LogP contribution in [-0.2, 0) is 6.54 Å². The highest BCUT2D eigenvalue weighted by atomic mass is 35.5. The number of rotatable bonds is 5. The number of hydrogen-bond donors (Lipinski definition) is 2. The van der Waals surface area contributed by atoms with Crippen molar-refractivity contribution in [3.8, 4) is 0 Å². The van der Waals surface area contributed by atoms with Crippen molar-refractivity contribution < 1.29 is 4.39 Å². The molecule has 0 bridgehead atoms. The Labute approximate surface area is 101 Å². The van der Waals surface area contributed by atoms with Gasteiger partial charge in [-0.1, -0.05) is 11.6 Å². The van der Waals surface area contributed by atoms with Crippen molar-refractivity contribution in [3.63, 3.8) is 0 Å². The summed E-state index contributed by atoms with van der Waals surface area (Å²) in [6.07, 6.45) is 0. The summed E-state index contributed by atoms with van der Waals surface area (Å²) in [4.78, 5) is 0. The molecule has 0 heterocycles. The molecule has 2 N–H and O–H groups in total. The molecule has 0 saturated heterocycles. The molecule has 0 aliphatic carbocycles. The summed E-state index contributed by atoms with van der Waals surface area (Å²) in [6, 6.07) is 4.60. The highest BCUT2D eigenvalue weighted by molar-refractivity contribution is 6.30. The third kappa shape index (κ3) is 4.08. The summed E-state index contributed by atoms with van der Waals surface area (Å²) in [6.45, 7) is 5.41. The standard InChI is InChI=1S/C12H18ClFN2/c1-12(2,8-15-3)16-7-9-6-10(13)4-5-11(9)14/h4-6,15-16H,7-8H2,1-3H3. The fraction of sp³-hybridized carbons (Fsp3) is 0.500. The summed E-state index contributed by atoms with van der Waals surface area (Å²) >= 11 is 5.82. The number of hydrogen-bond acceptors (Lipinski definition) is 2. The molecule has 0 saturated carbocycles. The van der Waals surface area contributed by atoms with Gasteiger partial charge < -0.3 is 10.6 Å². The molecule has 2 nitrogen and oxygen atoms in total. The van der Waals surface area contributed by atoms with Crippen molar-refractivity contribution in [1.82, 2.24) is 10.6 Å². The molecule has 0 radical (unpaired) electrons. The first-order chi connectivity index (χ1) is 7.44. The molecule has 1 aromatic carbocycles. The van der Waals surface area contributed by atoms with E-state index in [0.29, 0.717) is 17.1 Å². The average molecular weight is 245 g/mol. The van der Waals surface area contributed by atoms with Gasteiger partial charge in [-0.05, 0) is 39.1 Å². The normalized spacial score (nSPS) is 11.8. The van der Waals surface area contributed by atoms with Gasteiger partial charge >= 0.3 is 0 Å². The van der Waals surface area contributed by atoms with Gasteiger partial charge in [0.05, 0.1) is 0 Å². The highest BCUT2D eigenvalue weighted by Crippen LogP contribution is 2.15. The van der Waals surface area contributed by atoms with Gasteiger partial charge in [-0.25, -0.2) is 4.39 Å². The lowest BCUT2D eigenvalue weighted by molar-refractivity contribution is 0.370. The summed E-state index contributed by atoms with van der Waals surface area (Å²) in [5.41, 5.74) is 0.514. The first-order valence-electron chi connectivity index (χ1n) is 5.28. The van der Waals surface area contributed by atoms with E-state index in [-0.39, 0.29) is 11.4 Å². The maximum atomic E-state index is 13.4. The molecule has 0 aromatic heterocycles. The molecule has 0 atom stereocenters. The number of halogens is 2. The molecular formula is C12H18ClFN2. The summed E-state index contributed by atoms with van der Waals surface area (Å²) < 4.78 is 13.4. The van der Waals surface area contributed by atoms with Gasteiger partial charge in [0.1, 0.15) is 5.82 Å². The van der Waals surface area contributed by atoms with Crippen LogP contribution in [0.15, 0.2) is 18.2 Å². The Morgan fingerprint density at radius 1 is 1.38 bits per heavy atom. The van der Waals surface area contributed by atoms with Crippen LogP contribution < -0.4 is 10.6 Å². The van der Waals surface area contributed by atoms with E-state index in [1.807, 2.05) is 7.05 Å². The van der Waals surface area contributed by atoms with E-state index in [1.54, 1.807) is 12.1 Å². The zero-order chi connectivity index (χ0) is 12.2. The second kappa shape index (κ2) is 5.62. The largest absolute Gasteiger partial charge is 0.318 e. The monoisotopic (exact) mass is 244 g/mol. The Morgan fingerprint density at radius 3 is 2.69 bits per heavy atom. The minimum absolute atomic E-state index is 0.0799. The Kier molecular flexibility index (Phi) is 4.71. The molecule has 16 heavy (non-hydrogen) atoms. The highest BCUT2D eigenvalue weighted by Gasteiger charge is 2.16. The third-order valence-electron chi connectivity index (χ3n) is 2.38. The van der Waals surface area contributed by atoms with E-state index in [2.05, 4.69) is 24.5 Å². The third-order valence-corrected chi connectivity index (χ3v) is 2.62. The molecular weight excluding hydrogens is 227 g/mol. The van der Waals surface area contributed by atoms with Gasteiger partial charge in [0.25, 0.3) is 0 Å². The molecule has 0 spiro atoms. The first-order valence-corrected chi connectivity index (χ1v) is 5.66. The Hall–Kier alpha value is -0.640. The average Bonchev–Trinajstić information content (AvgIpc) is 2.19. The quantitative estimate of drug-likeness (QED) is 0.832.